The van der Waals surface area contributed by atoms with E-state index in [-0.39, 0.29) is 29.5 Å². The van der Waals surface area contributed by atoms with Crippen LogP contribution < -0.4 is 4.52 Å². The van der Waals surface area contributed by atoms with E-state index in [4.69, 9.17) is 35.2 Å². The maximum Gasteiger partial charge on any atom is 0.529 e. The third-order valence-corrected chi connectivity index (χ3v) is 8.29. The number of hydrogen-bond donors (Lipinski definition) is 0. The van der Waals surface area contributed by atoms with Gasteiger partial charge in [0.05, 0.1) is 36.0 Å². The topological polar surface area (TPSA) is 77.8 Å². The molecule has 2 atom stereocenters. The number of unbranched alkanes of at least 4 members (excludes halogenated alkanes) is 11. The molecule has 2 rings (SSSR count). The van der Waals surface area contributed by atoms with Gasteiger partial charge in [-0.25, -0.2) is 8.96 Å². The van der Waals surface area contributed by atoms with E-state index in [1.165, 1.54) is 77.0 Å². The Kier molecular flexibility index (Phi) is 17.1. The minimum Gasteiger partial charge on any atom is -0.402 e. The Morgan fingerprint density at radius 2 is 1.57 bits per heavy atom. The van der Waals surface area contributed by atoms with Gasteiger partial charge in [0.25, 0.3) is 0 Å². The first-order valence-electron chi connectivity index (χ1n) is 14.4. The third kappa shape index (κ3) is 14.1. The second kappa shape index (κ2) is 20.0. The Morgan fingerprint density at radius 3 is 2.17 bits per heavy atom. The number of phosphoric acid groups is 1. The molecule has 40 heavy (non-hydrogen) atoms. The van der Waals surface area contributed by atoms with Gasteiger partial charge in [-0.3, -0.25) is 9.05 Å². The summed E-state index contributed by atoms with van der Waals surface area (Å²) in [5.41, 5.74) is 0.767. The number of hydrogen-bond acceptors (Lipinski definition) is 6. The van der Waals surface area contributed by atoms with Gasteiger partial charge in [0.1, 0.15) is 11.6 Å². The van der Waals surface area contributed by atoms with Crippen LogP contribution in [0.2, 0.25) is 5.02 Å². The van der Waals surface area contributed by atoms with E-state index in [0.29, 0.717) is 12.0 Å². The van der Waals surface area contributed by atoms with E-state index >= 15 is 0 Å². The van der Waals surface area contributed by atoms with E-state index < -0.39 is 19.7 Å². The number of ether oxygens (including phenoxy) is 1. The number of rotatable bonds is 22. The molecule has 2 aromatic rings. The summed E-state index contributed by atoms with van der Waals surface area (Å²) in [4.78, 5) is 0. The minimum atomic E-state index is -3.96. The highest BCUT2D eigenvalue weighted by Crippen LogP contribution is 2.50. The van der Waals surface area contributed by atoms with Crippen molar-refractivity contribution in [3.8, 4) is 11.8 Å². The first-order valence-corrected chi connectivity index (χ1v) is 16.3. The van der Waals surface area contributed by atoms with E-state index in [1.807, 2.05) is 6.07 Å². The maximum atomic E-state index is 13.9. The van der Waals surface area contributed by atoms with Gasteiger partial charge in [-0.05, 0) is 42.3 Å². The van der Waals surface area contributed by atoms with Crippen LogP contribution in [0, 0.1) is 17.1 Å². The Labute approximate surface area is 244 Å². The van der Waals surface area contributed by atoms with Crippen molar-refractivity contribution in [2.45, 2.75) is 103 Å². The lowest BCUT2D eigenvalue weighted by atomic mass is 10.0. The molecule has 2 aromatic carbocycles. The lowest BCUT2D eigenvalue weighted by Gasteiger charge is -2.22. The summed E-state index contributed by atoms with van der Waals surface area (Å²) in [6.07, 6.45) is 15.1. The zero-order valence-corrected chi connectivity index (χ0v) is 25.6. The molecule has 0 aromatic heterocycles. The van der Waals surface area contributed by atoms with Gasteiger partial charge in [0.15, 0.2) is 0 Å². The molecule has 6 nitrogen and oxygen atoms in total. The van der Waals surface area contributed by atoms with Crippen molar-refractivity contribution < 1.29 is 27.3 Å². The molecule has 0 saturated carbocycles. The fourth-order valence-electron chi connectivity index (χ4n) is 4.37. The zero-order chi connectivity index (χ0) is 29.1. The van der Waals surface area contributed by atoms with E-state index in [1.54, 1.807) is 30.3 Å². The average molecular weight is 596 g/mol. The number of phosphoric ester groups is 1. The highest BCUT2D eigenvalue weighted by molar-refractivity contribution is 7.48. The van der Waals surface area contributed by atoms with E-state index in [9.17, 15) is 8.96 Å². The van der Waals surface area contributed by atoms with Crippen molar-refractivity contribution in [3.05, 3.63) is 64.4 Å². The maximum absolute atomic E-state index is 13.9. The molecule has 0 aliphatic rings. The molecule has 0 heterocycles. The first kappa shape index (κ1) is 34.3. The van der Waals surface area contributed by atoms with Crippen LogP contribution in [0.15, 0.2) is 42.5 Å². The zero-order valence-electron chi connectivity index (χ0n) is 23.9. The highest BCUT2D eigenvalue weighted by atomic mass is 35.5. The molecule has 0 saturated heterocycles. The Bertz CT molecular complexity index is 1080. The second-order valence-corrected chi connectivity index (χ2v) is 12.1. The smallest absolute Gasteiger partial charge is 0.402 e. The molecule has 0 spiro atoms. The minimum absolute atomic E-state index is 0.0476. The van der Waals surface area contributed by atoms with Crippen molar-refractivity contribution in [2.75, 3.05) is 13.7 Å². The average Bonchev–Trinajstić information content (AvgIpc) is 2.95. The molecule has 9 heteroatoms. The molecular weight excluding hydrogens is 552 g/mol. The number of halogens is 2. The van der Waals surface area contributed by atoms with Crippen LogP contribution in [0.25, 0.3) is 0 Å². The lowest BCUT2D eigenvalue weighted by Crippen LogP contribution is -2.20. The summed E-state index contributed by atoms with van der Waals surface area (Å²) in [5.74, 6) is -0.306. The molecule has 0 fully saturated rings. The van der Waals surface area contributed by atoms with Gasteiger partial charge in [0.2, 0.25) is 0 Å². The molecule has 0 bridgehead atoms. The largest absolute Gasteiger partial charge is 0.529 e. The van der Waals surface area contributed by atoms with Gasteiger partial charge in [-0.1, -0.05) is 108 Å². The van der Waals surface area contributed by atoms with Gasteiger partial charge < -0.3 is 9.26 Å². The molecule has 222 valence electrons. The summed E-state index contributed by atoms with van der Waals surface area (Å²) in [6, 6.07) is 12.7. The fourth-order valence-corrected chi connectivity index (χ4v) is 5.58. The van der Waals surface area contributed by atoms with Crippen molar-refractivity contribution >= 4 is 19.4 Å². The molecular formula is C31H44ClFNO5P. The van der Waals surface area contributed by atoms with Crippen LogP contribution in [-0.2, 0) is 25.0 Å². The summed E-state index contributed by atoms with van der Waals surface area (Å²) in [5, 5.41) is 9.42. The number of para-hydroxylation sites is 1. The van der Waals surface area contributed by atoms with Crippen LogP contribution in [-0.4, -0.2) is 19.8 Å². The third-order valence-electron chi connectivity index (χ3n) is 6.64. The van der Waals surface area contributed by atoms with Crippen LogP contribution in [0.1, 0.15) is 102 Å². The van der Waals surface area contributed by atoms with Crippen molar-refractivity contribution in [1.29, 1.82) is 5.26 Å². The summed E-state index contributed by atoms with van der Waals surface area (Å²) < 4.78 is 49.2. The highest BCUT2D eigenvalue weighted by Gasteiger charge is 2.29. The van der Waals surface area contributed by atoms with Crippen LogP contribution in [0.3, 0.4) is 0 Å². The summed E-state index contributed by atoms with van der Waals surface area (Å²) in [6.45, 7) is 2.28. The molecule has 0 aliphatic carbocycles. The Morgan fingerprint density at radius 1 is 0.950 bits per heavy atom. The SMILES string of the molecule is CCCCCCCCCCCCCC[C@@H](COP(=O)(OC)Oc1ccccc1Cl)OCc1cc(F)cc(C#N)c1. The quantitative estimate of drug-likeness (QED) is 0.0995. The predicted octanol–water partition coefficient (Wildman–Crippen LogP) is 10.2. The Hall–Kier alpha value is -1.94. The summed E-state index contributed by atoms with van der Waals surface area (Å²) >= 11 is 6.13. The Balaban J connectivity index is 1.85. The molecule has 0 N–H and O–H groups in total. The molecule has 1 unspecified atom stereocenters. The van der Waals surface area contributed by atoms with Gasteiger partial charge >= 0.3 is 7.82 Å². The normalized spacial score (nSPS) is 13.5. The van der Waals surface area contributed by atoms with Gasteiger partial charge in [-0.15, -0.1) is 0 Å². The second-order valence-electron chi connectivity index (χ2n) is 10.0. The first-order chi connectivity index (χ1) is 19.4. The number of benzene rings is 2. The standard InChI is InChI=1S/C31H44ClFNO5P/c1-3-4-5-6-7-8-9-10-11-12-13-14-17-29(37-24-27-20-26(23-34)21-28(33)22-27)25-38-40(35,36-2)39-31-19-16-15-18-30(31)32/h15-16,18-22,29H,3-14,17,24-25H2,1-2H3/t29-,40?/m0/s1. The molecule has 0 aliphatic heterocycles. The van der Waals surface area contributed by atoms with E-state index in [0.717, 1.165) is 19.3 Å². The van der Waals surface area contributed by atoms with Crippen molar-refractivity contribution in [3.63, 3.8) is 0 Å². The molecule has 0 amide bonds. The predicted molar refractivity (Wildman–Crippen MR) is 158 cm³/mol. The summed E-state index contributed by atoms with van der Waals surface area (Å²) in [7, 11) is -2.71. The van der Waals surface area contributed by atoms with Crippen LogP contribution >= 0.6 is 19.4 Å². The fraction of sp³-hybridized carbons (Fsp3) is 0.581. The van der Waals surface area contributed by atoms with Crippen molar-refractivity contribution in [1.82, 2.24) is 0 Å². The lowest BCUT2D eigenvalue weighted by molar-refractivity contribution is -0.00443. The van der Waals surface area contributed by atoms with Crippen LogP contribution in [0.4, 0.5) is 4.39 Å². The monoisotopic (exact) mass is 595 g/mol. The van der Waals surface area contributed by atoms with E-state index in [2.05, 4.69) is 6.92 Å². The van der Waals surface area contributed by atoms with Gasteiger partial charge in [-0.2, -0.15) is 5.26 Å². The van der Waals surface area contributed by atoms with Crippen molar-refractivity contribution in [2.24, 2.45) is 0 Å². The van der Waals surface area contributed by atoms with Gasteiger partial charge in [0, 0.05) is 7.11 Å². The van der Waals surface area contributed by atoms with Crippen LogP contribution in [0.5, 0.6) is 5.75 Å². The number of nitriles is 1. The molecule has 0 radical (unpaired) electrons. The number of nitrogens with zero attached hydrogens (tertiary/aromatic N) is 1.